The van der Waals surface area contributed by atoms with E-state index in [1.165, 1.54) is 0 Å². The van der Waals surface area contributed by atoms with Gasteiger partial charge in [0, 0.05) is 19.0 Å². The second-order valence-electron chi connectivity index (χ2n) is 6.61. The summed E-state index contributed by atoms with van der Waals surface area (Å²) in [6.07, 6.45) is 3.29. The van der Waals surface area contributed by atoms with Crippen molar-refractivity contribution in [2.75, 3.05) is 13.1 Å². The maximum atomic E-state index is 13.1. The number of aliphatic hydroxyl groups is 1. The van der Waals surface area contributed by atoms with Gasteiger partial charge in [-0.2, -0.15) is 0 Å². The molecule has 1 N–H and O–H groups in total. The molecule has 1 saturated heterocycles. The highest BCUT2D eigenvalue weighted by molar-refractivity contribution is 6.42. The average Bonchev–Trinajstić information content (AvgIpc) is 2.91. The molecule has 5 heteroatoms. The first kappa shape index (κ1) is 16.1. The van der Waals surface area contributed by atoms with E-state index < -0.39 is 5.41 Å². The van der Waals surface area contributed by atoms with Gasteiger partial charge in [-0.25, -0.2) is 0 Å². The van der Waals surface area contributed by atoms with Gasteiger partial charge in [-0.1, -0.05) is 35.7 Å². The Hall–Kier alpha value is -0.770. The molecule has 2 aliphatic rings. The van der Waals surface area contributed by atoms with Crippen molar-refractivity contribution < 1.29 is 9.90 Å². The van der Waals surface area contributed by atoms with Crippen LogP contribution >= 0.6 is 23.2 Å². The lowest BCUT2D eigenvalue weighted by molar-refractivity contribution is -0.140. The normalized spacial score (nSPS) is 24.9. The molecule has 0 aromatic heterocycles. The van der Waals surface area contributed by atoms with Gasteiger partial charge >= 0.3 is 0 Å². The summed E-state index contributed by atoms with van der Waals surface area (Å²) < 4.78 is 0. The number of likely N-dealkylation sites (tertiary alicyclic amines) is 1. The van der Waals surface area contributed by atoms with Gasteiger partial charge in [0.05, 0.1) is 21.6 Å². The minimum absolute atomic E-state index is 0.181. The van der Waals surface area contributed by atoms with Crippen LogP contribution in [0.15, 0.2) is 18.2 Å². The minimum atomic E-state index is -0.443. The van der Waals surface area contributed by atoms with E-state index in [-0.39, 0.29) is 17.9 Å². The van der Waals surface area contributed by atoms with E-state index in [9.17, 15) is 9.90 Å². The van der Waals surface area contributed by atoms with Crippen molar-refractivity contribution in [2.45, 2.75) is 44.1 Å². The molecule has 3 rings (SSSR count). The number of halogens is 2. The molecule has 0 bridgehead atoms. The summed E-state index contributed by atoms with van der Waals surface area (Å²) in [4.78, 5) is 15.0. The van der Waals surface area contributed by atoms with Crippen LogP contribution in [0.4, 0.5) is 0 Å². The number of hydrogen-bond acceptors (Lipinski definition) is 2. The Morgan fingerprint density at radius 2 is 2.09 bits per heavy atom. The SMILES string of the molecule is CC(O)C1CCN(C(=O)C2(c3ccc(Cl)c(Cl)c3)CCC2)C1. The van der Waals surface area contributed by atoms with E-state index >= 15 is 0 Å². The molecular weight excluding hydrogens is 321 g/mol. The molecule has 3 nitrogen and oxygen atoms in total. The monoisotopic (exact) mass is 341 g/mol. The molecule has 120 valence electrons. The van der Waals surface area contributed by atoms with Gasteiger partial charge in [0.15, 0.2) is 0 Å². The van der Waals surface area contributed by atoms with Crippen LogP contribution in [-0.4, -0.2) is 35.1 Å². The Kier molecular flexibility index (Phi) is 4.41. The number of nitrogens with zero attached hydrogens (tertiary/aromatic N) is 1. The molecule has 1 amide bonds. The number of rotatable bonds is 3. The van der Waals surface area contributed by atoms with Crippen LogP contribution in [0, 0.1) is 5.92 Å². The quantitative estimate of drug-likeness (QED) is 0.911. The zero-order valence-electron chi connectivity index (χ0n) is 12.7. The lowest BCUT2D eigenvalue weighted by Gasteiger charge is -2.43. The average molecular weight is 342 g/mol. The molecule has 0 spiro atoms. The first-order valence-electron chi connectivity index (χ1n) is 7.87. The van der Waals surface area contributed by atoms with Crippen LogP contribution in [0.1, 0.15) is 38.2 Å². The van der Waals surface area contributed by atoms with Gasteiger partial charge < -0.3 is 10.0 Å². The number of amides is 1. The van der Waals surface area contributed by atoms with Crippen LogP contribution in [0.3, 0.4) is 0 Å². The van der Waals surface area contributed by atoms with E-state index in [0.29, 0.717) is 16.6 Å². The fraction of sp³-hybridized carbons (Fsp3) is 0.588. The summed E-state index contributed by atoms with van der Waals surface area (Å²) in [7, 11) is 0. The fourth-order valence-corrected chi connectivity index (χ4v) is 3.92. The topological polar surface area (TPSA) is 40.5 Å². The largest absolute Gasteiger partial charge is 0.393 e. The molecule has 1 aliphatic heterocycles. The molecule has 1 aromatic rings. The number of carbonyl (C=O) groups excluding carboxylic acids is 1. The Labute approximate surface area is 141 Å². The van der Waals surface area contributed by atoms with Crippen molar-refractivity contribution in [3.8, 4) is 0 Å². The predicted octanol–water partition coefficient (Wildman–Crippen LogP) is 3.64. The van der Waals surface area contributed by atoms with Crippen LogP contribution in [0.25, 0.3) is 0 Å². The van der Waals surface area contributed by atoms with Gasteiger partial charge in [-0.15, -0.1) is 0 Å². The molecule has 1 heterocycles. The van der Waals surface area contributed by atoms with Gasteiger partial charge in [-0.3, -0.25) is 4.79 Å². The van der Waals surface area contributed by atoms with Crippen molar-refractivity contribution in [1.82, 2.24) is 4.90 Å². The van der Waals surface area contributed by atoms with E-state index in [2.05, 4.69) is 0 Å². The van der Waals surface area contributed by atoms with Gasteiger partial charge in [0.25, 0.3) is 0 Å². The maximum Gasteiger partial charge on any atom is 0.233 e. The second kappa shape index (κ2) is 6.03. The number of carbonyl (C=O) groups is 1. The van der Waals surface area contributed by atoms with Crippen molar-refractivity contribution in [2.24, 2.45) is 5.92 Å². The lowest BCUT2D eigenvalue weighted by atomic mass is 9.63. The van der Waals surface area contributed by atoms with Crippen LogP contribution < -0.4 is 0 Å². The first-order valence-corrected chi connectivity index (χ1v) is 8.62. The standard InChI is InChI=1S/C17H21Cl2NO2/c1-11(21)12-5-8-20(10-12)16(22)17(6-2-7-17)13-3-4-14(18)15(19)9-13/h3-4,9,11-12,21H,2,5-8,10H2,1H3. The third kappa shape index (κ3) is 2.64. The van der Waals surface area contributed by atoms with Crippen LogP contribution in [0.2, 0.25) is 10.0 Å². The van der Waals surface area contributed by atoms with E-state index in [4.69, 9.17) is 23.2 Å². The highest BCUT2D eigenvalue weighted by atomic mass is 35.5. The molecule has 1 saturated carbocycles. The summed E-state index contributed by atoms with van der Waals surface area (Å²) in [6, 6.07) is 5.53. The van der Waals surface area contributed by atoms with Gasteiger partial charge in [0.1, 0.15) is 0 Å². The number of hydrogen-bond donors (Lipinski definition) is 1. The van der Waals surface area contributed by atoms with Gasteiger partial charge in [-0.05, 0) is 43.9 Å². The molecule has 0 radical (unpaired) electrons. The molecule has 2 unspecified atom stereocenters. The third-order valence-corrected chi connectivity index (χ3v) is 6.02. The van der Waals surface area contributed by atoms with Crippen LogP contribution in [0.5, 0.6) is 0 Å². The van der Waals surface area contributed by atoms with Crippen LogP contribution in [-0.2, 0) is 10.2 Å². The minimum Gasteiger partial charge on any atom is -0.393 e. The van der Waals surface area contributed by atoms with E-state index in [1.54, 1.807) is 13.0 Å². The molecule has 1 aromatic carbocycles. The predicted molar refractivity (Wildman–Crippen MR) is 88.4 cm³/mol. The zero-order valence-corrected chi connectivity index (χ0v) is 14.2. The van der Waals surface area contributed by atoms with E-state index in [1.807, 2.05) is 17.0 Å². The third-order valence-electron chi connectivity index (χ3n) is 5.28. The first-order chi connectivity index (χ1) is 10.4. The Morgan fingerprint density at radius 1 is 1.36 bits per heavy atom. The summed E-state index contributed by atoms with van der Waals surface area (Å²) in [6.45, 7) is 3.19. The number of benzene rings is 1. The molecule has 22 heavy (non-hydrogen) atoms. The molecular formula is C17H21Cl2NO2. The Morgan fingerprint density at radius 3 is 2.59 bits per heavy atom. The highest BCUT2D eigenvalue weighted by Gasteiger charge is 2.49. The Bertz CT molecular complexity index is 584. The Balaban J connectivity index is 1.84. The summed E-state index contributed by atoms with van der Waals surface area (Å²) >= 11 is 12.1. The second-order valence-corrected chi connectivity index (χ2v) is 7.42. The smallest absolute Gasteiger partial charge is 0.233 e. The highest BCUT2D eigenvalue weighted by Crippen LogP contribution is 2.47. The van der Waals surface area contributed by atoms with Crippen molar-refractivity contribution >= 4 is 29.1 Å². The zero-order chi connectivity index (χ0) is 15.9. The van der Waals surface area contributed by atoms with Crippen molar-refractivity contribution in [3.63, 3.8) is 0 Å². The summed E-state index contributed by atoms with van der Waals surface area (Å²) in [5.41, 5.74) is 0.528. The lowest BCUT2D eigenvalue weighted by Crippen LogP contribution is -2.50. The van der Waals surface area contributed by atoms with Crippen molar-refractivity contribution in [1.29, 1.82) is 0 Å². The molecule has 2 fully saturated rings. The van der Waals surface area contributed by atoms with Crippen molar-refractivity contribution in [3.05, 3.63) is 33.8 Å². The molecule has 2 atom stereocenters. The van der Waals surface area contributed by atoms with Gasteiger partial charge in [0.2, 0.25) is 5.91 Å². The summed E-state index contributed by atoms with van der Waals surface area (Å²) in [5, 5.41) is 10.8. The fourth-order valence-electron chi connectivity index (χ4n) is 3.62. The molecule has 1 aliphatic carbocycles. The summed E-state index contributed by atoms with van der Waals surface area (Å²) in [5.74, 6) is 0.371. The van der Waals surface area contributed by atoms with E-state index in [0.717, 1.165) is 37.8 Å². The maximum absolute atomic E-state index is 13.1. The number of aliphatic hydroxyl groups excluding tert-OH is 1.